The smallest absolute Gasteiger partial charge is 0.243 e. The van der Waals surface area contributed by atoms with Crippen molar-refractivity contribution in [2.75, 3.05) is 18.9 Å². The maximum Gasteiger partial charge on any atom is 0.243 e. The normalized spacial score (nSPS) is 25.3. The average molecular weight is 377 g/mol. The molecule has 2 aliphatic rings. The average Bonchev–Trinajstić information content (AvgIpc) is 3.07. The van der Waals surface area contributed by atoms with E-state index in [1.807, 2.05) is 12.1 Å². The minimum Gasteiger partial charge on any atom is -0.492 e. The summed E-state index contributed by atoms with van der Waals surface area (Å²) in [5, 5.41) is 2.91. The molecule has 142 valence electrons. The molecular weight excluding hydrogens is 348 g/mol. The second-order valence-electron chi connectivity index (χ2n) is 8.18. The standard InChI is InChI=1S/C20H28N2O3S/c1-19(2,3)14-5-7-15(8-6-14)25-12-11-21-18(24)16-13-26-20(4)10-9-17(23)22(16)20/h5-8,16H,9-13H2,1-4H3,(H,21,24)/t16-,20+/m0/s1. The fourth-order valence-corrected chi connectivity index (χ4v) is 4.96. The Morgan fingerprint density at radius 1 is 1.35 bits per heavy atom. The van der Waals surface area contributed by atoms with Gasteiger partial charge in [-0.05, 0) is 36.5 Å². The summed E-state index contributed by atoms with van der Waals surface area (Å²) in [5.74, 6) is 1.48. The number of amides is 2. The molecule has 1 aromatic carbocycles. The molecule has 0 spiro atoms. The fourth-order valence-electron chi connectivity index (χ4n) is 3.53. The molecule has 1 N–H and O–H groups in total. The molecule has 0 radical (unpaired) electrons. The lowest BCUT2D eigenvalue weighted by Crippen LogP contribution is -2.50. The molecule has 0 bridgehead atoms. The number of carbonyl (C=O) groups is 2. The molecular formula is C20H28N2O3S. The zero-order chi connectivity index (χ0) is 18.9. The highest BCUT2D eigenvalue weighted by Crippen LogP contribution is 2.47. The minimum atomic E-state index is -0.355. The monoisotopic (exact) mass is 376 g/mol. The molecule has 1 aromatic rings. The third kappa shape index (κ3) is 3.85. The van der Waals surface area contributed by atoms with Gasteiger partial charge in [0.15, 0.2) is 0 Å². The molecule has 26 heavy (non-hydrogen) atoms. The van der Waals surface area contributed by atoms with Gasteiger partial charge in [-0.15, -0.1) is 11.8 Å². The third-order valence-electron chi connectivity index (χ3n) is 5.14. The van der Waals surface area contributed by atoms with Gasteiger partial charge < -0.3 is 15.0 Å². The van der Waals surface area contributed by atoms with Crippen LogP contribution in [0.4, 0.5) is 0 Å². The summed E-state index contributed by atoms with van der Waals surface area (Å²) < 4.78 is 5.71. The van der Waals surface area contributed by atoms with Crippen molar-refractivity contribution >= 4 is 23.6 Å². The van der Waals surface area contributed by atoms with Gasteiger partial charge in [-0.25, -0.2) is 0 Å². The predicted octanol–water partition coefficient (Wildman–Crippen LogP) is 2.93. The number of hydrogen-bond acceptors (Lipinski definition) is 4. The highest BCUT2D eigenvalue weighted by molar-refractivity contribution is 8.01. The number of nitrogens with zero attached hydrogens (tertiary/aromatic N) is 1. The van der Waals surface area contributed by atoms with Crippen molar-refractivity contribution in [1.82, 2.24) is 10.2 Å². The summed E-state index contributed by atoms with van der Waals surface area (Å²) in [6.45, 7) is 9.42. The number of hydrogen-bond donors (Lipinski definition) is 1. The van der Waals surface area contributed by atoms with Crippen molar-refractivity contribution in [2.24, 2.45) is 0 Å². The Balaban J connectivity index is 1.45. The Kier molecular flexibility index (Phi) is 5.24. The summed E-state index contributed by atoms with van der Waals surface area (Å²) >= 11 is 1.71. The van der Waals surface area contributed by atoms with Gasteiger partial charge in [0.2, 0.25) is 11.8 Å². The molecule has 2 aliphatic heterocycles. The molecule has 2 heterocycles. The van der Waals surface area contributed by atoms with Gasteiger partial charge in [0, 0.05) is 12.2 Å². The quantitative estimate of drug-likeness (QED) is 0.803. The van der Waals surface area contributed by atoms with Crippen molar-refractivity contribution in [1.29, 1.82) is 0 Å². The van der Waals surface area contributed by atoms with Crippen molar-refractivity contribution in [2.45, 2.75) is 56.9 Å². The van der Waals surface area contributed by atoms with E-state index in [1.165, 1.54) is 5.56 Å². The first kappa shape index (κ1) is 19.1. The van der Waals surface area contributed by atoms with Gasteiger partial charge in [0.1, 0.15) is 18.4 Å². The molecule has 3 rings (SSSR count). The van der Waals surface area contributed by atoms with Crippen LogP contribution in [0.3, 0.4) is 0 Å². The molecule has 0 saturated carbocycles. The highest BCUT2D eigenvalue weighted by Gasteiger charge is 2.52. The molecule has 0 unspecified atom stereocenters. The predicted molar refractivity (Wildman–Crippen MR) is 104 cm³/mol. The van der Waals surface area contributed by atoms with E-state index in [0.29, 0.717) is 25.3 Å². The largest absolute Gasteiger partial charge is 0.492 e. The first-order chi connectivity index (χ1) is 12.2. The Hall–Kier alpha value is -1.69. The molecule has 5 nitrogen and oxygen atoms in total. The van der Waals surface area contributed by atoms with Gasteiger partial charge >= 0.3 is 0 Å². The summed E-state index contributed by atoms with van der Waals surface area (Å²) in [4.78, 5) is 26.1. The van der Waals surface area contributed by atoms with Crippen molar-refractivity contribution in [3.63, 3.8) is 0 Å². The van der Waals surface area contributed by atoms with E-state index < -0.39 is 0 Å². The van der Waals surface area contributed by atoms with Gasteiger partial charge in [0.25, 0.3) is 0 Å². The van der Waals surface area contributed by atoms with Gasteiger partial charge in [0.05, 0.1) is 11.4 Å². The number of thioether (sulfide) groups is 1. The van der Waals surface area contributed by atoms with Crippen LogP contribution in [0, 0.1) is 0 Å². The maximum absolute atomic E-state index is 12.5. The summed E-state index contributed by atoms with van der Waals surface area (Å²) in [5.41, 5.74) is 1.38. The lowest BCUT2D eigenvalue weighted by molar-refractivity contribution is -0.137. The van der Waals surface area contributed by atoms with Crippen LogP contribution in [0.1, 0.15) is 46.1 Å². The third-order valence-corrected chi connectivity index (χ3v) is 6.64. The number of ether oxygens (including phenoxy) is 1. The van der Waals surface area contributed by atoms with Crippen LogP contribution >= 0.6 is 11.8 Å². The molecule has 6 heteroatoms. The van der Waals surface area contributed by atoms with Crippen LogP contribution in [-0.4, -0.2) is 46.5 Å². The molecule has 0 aromatic heterocycles. The topological polar surface area (TPSA) is 58.6 Å². The molecule has 0 aliphatic carbocycles. The van der Waals surface area contributed by atoms with E-state index in [1.54, 1.807) is 16.7 Å². The molecule has 2 amide bonds. The van der Waals surface area contributed by atoms with E-state index in [4.69, 9.17) is 4.74 Å². The van der Waals surface area contributed by atoms with E-state index in [0.717, 1.165) is 12.2 Å². The number of rotatable bonds is 5. The summed E-state index contributed by atoms with van der Waals surface area (Å²) in [7, 11) is 0. The highest BCUT2D eigenvalue weighted by atomic mass is 32.2. The van der Waals surface area contributed by atoms with E-state index in [2.05, 4.69) is 45.1 Å². The van der Waals surface area contributed by atoms with Crippen molar-refractivity contribution in [3.8, 4) is 5.75 Å². The van der Waals surface area contributed by atoms with Crippen LogP contribution in [0.2, 0.25) is 0 Å². The first-order valence-electron chi connectivity index (χ1n) is 9.18. The number of fused-ring (bicyclic) bond motifs is 1. The van der Waals surface area contributed by atoms with Crippen LogP contribution in [0.15, 0.2) is 24.3 Å². The number of benzene rings is 1. The maximum atomic E-state index is 12.5. The van der Waals surface area contributed by atoms with E-state index in [-0.39, 0.29) is 28.1 Å². The Morgan fingerprint density at radius 2 is 2.04 bits per heavy atom. The lowest BCUT2D eigenvalue weighted by Gasteiger charge is -2.29. The van der Waals surface area contributed by atoms with Crippen molar-refractivity contribution in [3.05, 3.63) is 29.8 Å². The first-order valence-corrected chi connectivity index (χ1v) is 10.2. The zero-order valence-corrected chi connectivity index (χ0v) is 16.8. The van der Waals surface area contributed by atoms with Gasteiger partial charge in [-0.2, -0.15) is 0 Å². The van der Waals surface area contributed by atoms with Crippen molar-refractivity contribution < 1.29 is 14.3 Å². The SMILES string of the molecule is CC(C)(C)c1ccc(OCCNC(=O)[C@@H]2CS[C@]3(C)CCC(=O)N23)cc1. The van der Waals surface area contributed by atoms with Crippen LogP contribution < -0.4 is 10.1 Å². The van der Waals surface area contributed by atoms with Crippen LogP contribution in [0.5, 0.6) is 5.75 Å². The zero-order valence-electron chi connectivity index (χ0n) is 16.0. The molecule has 2 atom stereocenters. The summed E-state index contributed by atoms with van der Waals surface area (Å²) in [6, 6.07) is 7.72. The second kappa shape index (κ2) is 7.14. The van der Waals surface area contributed by atoms with Gasteiger partial charge in [-0.1, -0.05) is 32.9 Å². The lowest BCUT2D eigenvalue weighted by atomic mass is 9.87. The van der Waals surface area contributed by atoms with E-state index in [9.17, 15) is 9.59 Å². The minimum absolute atomic E-state index is 0.0804. The van der Waals surface area contributed by atoms with Crippen LogP contribution in [-0.2, 0) is 15.0 Å². The van der Waals surface area contributed by atoms with E-state index >= 15 is 0 Å². The van der Waals surface area contributed by atoms with Gasteiger partial charge in [-0.3, -0.25) is 9.59 Å². The van der Waals surface area contributed by atoms with Crippen LogP contribution in [0.25, 0.3) is 0 Å². The number of nitrogens with one attached hydrogen (secondary N) is 1. The Labute approximate surface area is 159 Å². The fraction of sp³-hybridized carbons (Fsp3) is 0.600. The molecule has 2 fully saturated rings. The molecule has 2 saturated heterocycles. The number of carbonyl (C=O) groups excluding carboxylic acids is 2. The second-order valence-corrected chi connectivity index (χ2v) is 9.68. The Bertz CT molecular complexity index is 683. The Morgan fingerprint density at radius 3 is 2.69 bits per heavy atom. The summed E-state index contributed by atoms with van der Waals surface area (Å²) in [6.07, 6.45) is 1.37.